The van der Waals surface area contributed by atoms with Crippen LogP contribution < -0.4 is 0 Å². The third kappa shape index (κ3) is 6.00. The molecule has 0 N–H and O–H groups in total. The van der Waals surface area contributed by atoms with Crippen LogP contribution in [0.1, 0.15) is 91.4 Å². The molecule has 3 aromatic carbocycles. The van der Waals surface area contributed by atoms with E-state index in [1.54, 1.807) is 6.20 Å². The van der Waals surface area contributed by atoms with Gasteiger partial charge in [0.25, 0.3) is 0 Å². The maximum absolute atomic E-state index is 14.2. The minimum atomic E-state index is -0.726. The number of carbonyl (C=O) groups is 1. The quantitative estimate of drug-likeness (QED) is 0.102. The van der Waals surface area contributed by atoms with Crippen molar-refractivity contribution in [2.75, 3.05) is 0 Å². The van der Waals surface area contributed by atoms with Crippen molar-refractivity contribution in [3.8, 4) is 0 Å². The molecule has 41 heavy (non-hydrogen) atoms. The Labute approximate surface area is 245 Å². The van der Waals surface area contributed by atoms with Crippen molar-refractivity contribution in [3.05, 3.63) is 138 Å². The van der Waals surface area contributed by atoms with Gasteiger partial charge < -0.3 is 4.57 Å². The van der Waals surface area contributed by atoms with E-state index in [1.807, 2.05) is 24.5 Å². The zero-order valence-corrected chi connectivity index (χ0v) is 24.1. The highest BCUT2D eigenvalue weighted by Gasteiger charge is 2.41. The highest BCUT2D eigenvalue weighted by Crippen LogP contribution is 2.43. The highest BCUT2D eigenvalue weighted by atomic mass is 16.1. The van der Waals surface area contributed by atoms with Crippen LogP contribution in [0.3, 0.4) is 0 Å². The Morgan fingerprint density at radius 1 is 0.805 bits per heavy atom. The van der Waals surface area contributed by atoms with Crippen molar-refractivity contribution in [3.63, 3.8) is 0 Å². The topological polar surface area (TPSA) is 34.9 Å². The summed E-state index contributed by atoms with van der Waals surface area (Å²) in [4.78, 5) is 18.8. The van der Waals surface area contributed by atoms with Crippen molar-refractivity contribution >= 4 is 5.78 Å². The molecule has 1 aromatic heterocycles. The number of nitrogens with zero attached hydrogens (tertiary/aromatic N) is 2. The lowest BCUT2D eigenvalue weighted by Crippen LogP contribution is -2.39. The van der Waals surface area contributed by atoms with Crippen LogP contribution >= 0.6 is 0 Å². The monoisotopic (exact) mass is 542 g/mol. The molecular weight excluding hydrogens is 500 g/mol. The Balaban J connectivity index is 1.33. The molecule has 1 heterocycles. The number of hydrogen-bond acceptors (Lipinski definition) is 2. The average molecular weight is 543 g/mol. The van der Waals surface area contributed by atoms with Crippen molar-refractivity contribution in [1.29, 1.82) is 0 Å². The minimum absolute atomic E-state index is 0.170. The number of benzene rings is 3. The van der Waals surface area contributed by atoms with Gasteiger partial charge >= 0.3 is 0 Å². The van der Waals surface area contributed by atoms with Crippen LogP contribution in [-0.4, -0.2) is 15.3 Å². The Bertz CT molecular complexity index is 1320. The largest absolute Gasteiger partial charge is 0.309 e. The first-order valence-corrected chi connectivity index (χ1v) is 15.7. The first-order chi connectivity index (χ1) is 20.3. The van der Waals surface area contributed by atoms with Crippen LogP contribution in [0, 0.1) is 17.8 Å². The standard InChI is InChI=1S/C38H42N2O/c41-37(27-32(31-25-26-31)18-14-13-17-30-15-5-1-6-16-30)36-28-39-29-40(36)38(33-19-7-2-8-20-33,34-21-9-3-10-22-34)35-23-11-4-12-24-35/h2-4,7-12,14,18-24,28-32H,1,5-6,13,15-17,25-27H2/b18-14+/t32-/m1/s1. The molecule has 0 unspecified atom stereocenters. The summed E-state index contributed by atoms with van der Waals surface area (Å²) in [5.41, 5.74) is 3.25. The molecular formula is C38H42N2O. The number of rotatable bonds is 12. The van der Waals surface area contributed by atoms with E-state index < -0.39 is 5.54 Å². The first kappa shape index (κ1) is 27.4. The normalized spacial score (nSPS) is 17.1. The molecule has 0 bridgehead atoms. The van der Waals surface area contributed by atoms with Gasteiger partial charge in [-0.2, -0.15) is 0 Å². The van der Waals surface area contributed by atoms with Crippen molar-refractivity contribution < 1.29 is 4.79 Å². The Hall–Kier alpha value is -3.72. The van der Waals surface area contributed by atoms with Gasteiger partial charge in [0.2, 0.25) is 0 Å². The van der Waals surface area contributed by atoms with Crippen LogP contribution in [-0.2, 0) is 5.54 Å². The SMILES string of the molecule is O=C(C[C@@H](/C=C/CCC1CCCCC1)C1CC1)c1cncn1C(c1ccccc1)(c1ccccc1)c1ccccc1. The van der Waals surface area contributed by atoms with Gasteiger partial charge in [-0.1, -0.05) is 135 Å². The molecule has 0 amide bonds. The van der Waals surface area contributed by atoms with Crippen LogP contribution in [0.2, 0.25) is 0 Å². The second-order valence-electron chi connectivity index (χ2n) is 12.1. The number of carbonyl (C=O) groups excluding carboxylic acids is 1. The molecule has 3 heteroatoms. The summed E-state index contributed by atoms with van der Waals surface area (Å²) in [5.74, 6) is 1.99. The fourth-order valence-electron chi connectivity index (χ4n) is 7.04. The summed E-state index contributed by atoms with van der Waals surface area (Å²) in [6.07, 6.45) is 20.8. The first-order valence-electron chi connectivity index (χ1n) is 15.7. The Kier molecular flexibility index (Phi) is 8.60. The van der Waals surface area contributed by atoms with E-state index in [0.717, 1.165) is 29.0 Å². The van der Waals surface area contributed by atoms with E-state index in [2.05, 4.69) is 94.5 Å². The van der Waals surface area contributed by atoms with E-state index in [1.165, 1.54) is 51.4 Å². The van der Waals surface area contributed by atoms with Gasteiger partial charge in [-0.05, 0) is 60.1 Å². The summed E-state index contributed by atoms with van der Waals surface area (Å²) in [6.45, 7) is 0. The summed E-state index contributed by atoms with van der Waals surface area (Å²) in [7, 11) is 0. The molecule has 3 nitrogen and oxygen atoms in total. The summed E-state index contributed by atoms with van der Waals surface area (Å²) in [6, 6.07) is 31.6. The zero-order chi connectivity index (χ0) is 27.9. The summed E-state index contributed by atoms with van der Waals surface area (Å²) >= 11 is 0. The van der Waals surface area contributed by atoms with Gasteiger partial charge in [-0.25, -0.2) is 4.98 Å². The third-order valence-corrected chi connectivity index (χ3v) is 9.36. The molecule has 2 saturated carbocycles. The van der Waals surface area contributed by atoms with E-state index in [-0.39, 0.29) is 5.78 Å². The lowest BCUT2D eigenvalue weighted by molar-refractivity contribution is 0.0953. The van der Waals surface area contributed by atoms with E-state index in [9.17, 15) is 4.79 Å². The van der Waals surface area contributed by atoms with Crippen molar-refractivity contribution in [1.82, 2.24) is 9.55 Å². The van der Waals surface area contributed by atoms with Crippen molar-refractivity contribution in [2.45, 2.75) is 69.7 Å². The van der Waals surface area contributed by atoms with Gasteiger partial charge in [0.1, 0.15) is 11.2 Å². The molecule has 2 fully saturated rings. The molecule has 2 aliphatic carbocycles. The zero-order valence-electron chi connectivity index (χ0n) is 24.1. The van der Waals surface area contributed by atoms with Gasteiger partial charge in [0, 0.05) is 6.42 Å². The van der Waals surface area contributed by atoms with Gasteiger partial charge in [-0.15, -0.1) is 0 Å². The summed E-state index contributed by atoms with van der Waals surface area (Å²) in [5, 5.41) is 0. The lowest BCUT2D eigenvalue weighted by atomic mass is 9.76. The summed E-state index contributed by atoms with van der Waals surface area (Å²) < 4.78 is 2.13. The fourth-order valence-corrected chi connectivity index (χ4v) is 7.04. The molecule has 1 atom stereocenters. The fraction of sp³-hybridized carbons (Fsp3) is 0.368. The number of imidazole rings is 1. The van der Waals surface area contributed by atoms with Gasteiger partial charge in [-0.3, -0.25) is 4.79 Å². The Morgan fingerprint density at radius 3 is 1.90 bits per heavy atom. The number of allylic oxidation sites excluding steroid dienone is 2. The molecule has 210 valence electrons. The third-order valence-electron chi connectivity index (χ3n) is 9.36. The highest BCUT2D eigenvalue weighted by molar-refractivity contribution is 5.95. The molecule has 0 spiro atoms. The van der Waals surface area contributed by atoms with Crippen molar-refractivity contribution in [2.24, 2.45) is 17.8 Å². The number of Topliss-reactive ketones (excluding diaryl/α,β-unsaturated/α-hetero) is 1. The van der Waals surface area contributed by atoms with Crippen LogP contribution in [0.15, 0.2) is 116 Å². The van der Waals surface area contributed by atoms with Crippen LogP contribution in [0.25, 0.3) is 0 Å². The predicted molar refractivity (Wildman–Crippen MR) is 167 cm³/mol. The minimum Gasteiger partial charge on any atom is -0.309 e. The van der Waals surface area contributed by atoms with Gasteiger partial charge in [0.05, 0.1) is 12.5 Å². The molecule has 2 aliphatic rings. The Morgan fingerprint density at radius 2 is 1.37 bits per heavy atom. The lowest BCUT2D eigenvalue weighted by Gasteiger charge is -2.38. The number of hydrogen-bond donors (Lipinski definition) is 0. The number of aromatic nitrogens is 2. The molecule has 0 aliphatic heterocycles. The van der Waals surface area contributed by atoms with Gasteiger partial charge in [0.15, 0.2) is 5.78 Å². The van der Waals surface area contributed by atoms with E-state index >= 15 is 0 Å². The van der Waals surface area contributed by atoms with E-state index in [4.69, 9.17) is 0 Å². The molecule has 4 aromatic rings. The maximum atomic E-state index is 14.2. The molecule has 0 radical (unpaired) electrons. The van der Waals surface area contributed by atoms with Crippen LogP contribution in [0.5, 0.6) is 0 Å². The second kappa shape index (κ2) is 12.9. The van der Waals surface area contributed by atoms with E-state index in [0.29, 0.717) is 24.0 Å². The average Bonchev–Trinajstić information content (AvgIpc) is 3.77. The molecule has 6 rings (SSSR count). The maximum Gasteiger partial charge on any atom is 0.181 e. The molecule has 0 saturated heterocycles. The smallest absolute Gasteiger partial charge is 0.181 e. The second-order valence-corrected chi connectivity index (χ2v) is 12.1. The number of ketones is 1. The van der Waals surface area contributed by atoms with Crippen LogP contribution in [0.4, 0.5) is 0 Å². The predicted octanol–water partition coefficient (Wildman–Crippen LogP) is 9.24.